The summed E-state index contributed by atoms with van der Waals surface area (Å²) in [6, 6.07) is 0. The van der Waals surface area contributed by atoms with Crippen LogP contribution in [0, 0.1) is 0 Å². The van der Waals surface area contributed by atoms with Gasteiger partial charge in [0, 0.05) is 12.8 Å². The molecule has 64 heavy (non-hydrogen) atoms. The van der Waals surface area contributed by atoms with Crippen molar-refractivity contribution in [2.75, 3.05) is 13.2 Å². The second kappa shape index (κ2) is 52.9. The van der Waals surface area contributed by atoms with Crippen LogP contribution < -0.4 is 0 Å². The molecule has 0 saturated carbocycles. The zero-order valence-corrected chi connectivity index (χ0v) is 40.5. The van der Waals surface area contributed by atoms with Gasteiger partial charge in [0.05, 0.1) is 6.61 Å². The topological polar surface area (TPSA) is 72.8 Å². The summed E-state index contributed by atoms with van der Waals surface area (Å²) < 4.78 is 10.6. The highest BCUT2D eigenvalue weighted by Crippen LogP contribution is 2.11. The molecule has 0 amide bonds. The molecule has 0 aromatic rings. The van der Waals surface area contributed by atoms with Gasteiger partial charge in [0.2, 0.25) is 0 Å². The normalized spacial score (nSPS) is 13.6. The smallest absolute Gasteiger partial charge is 0.306 e. The first-order valence-electron chi connectivity index (χ1n) is 25.0. The number of carbonyl (C=O) groups is 2. The monoisotopic (exact) mass is 879 g/mol. The fraction of sp³-hybridized carbons (Fsp3) is 0.525. The summed E-state index contributed by atoms with van der Waals surface area (Å²) >= 11 is 0. The molecule has 1 unspecified atom stereocenters. The number of aliphatic hydroxyl groups excluding tert-OH is 1. The minimum Gasteiger partial charge on any atom is -0.462 e. The fourth-order valence-electron chi connectivity index (χ4n) is 6.12. The van der Waals surface area contributed by atoms with Crippen molar-refractivity contribution in [3.8, 4) is 0 Å². The lowest BCUT2D eigenvalue weighted by atomic mass is 10.1. The van der Waals surface area contributed by atoms with Crippen LogP contribution in [0.5, 0.6) is 0 Å². The molecule has 0 aliphatic rings. The Morgan fingerprint density at radius 2 is 0.625 bits per heavy atom. The molecule has 0 saturated heterocycles. The lowest BCUT2D eigenvalue weighted by Gasteiger charge is -2.15. The number of aliphatic hydroxyl groups is 1. The third-order valence-corrected chi connectivity index (χ3v) is 9.82. The molecular formula is C59H90O5. The van der Waals surface area contributed by atoms with Crippen molar-refractivity contribution in [3.63, 3.8) is 0 Å². The van der Waals surface area contributed by atoms with Crippen LogP contribution in [0.1, 0.15) is 181 Å². The van der Waals surface area contributed by atoms with E-state index in [9.17, 15) is 14.7 Å². The van der Waals surface area contributed by atoms with E-state index in [1.807, 2.05) is 0 Å². The van der Waals surface area contributed by atoms with E-state index in [0.29, 0.717) is 12.8 Å². The van der Waals surface area contributed by atoms with E-state index in [0.717, 1.165) is 154 Å². The van der Waals surface area contributed by atoms with Crippen LogP contribution in [0.4, 0.5) is 0 Å². The van der Waals surface area contributed by atoms with Crippen LogP contribution in [0.2, 0.25) is 0 Å². The van der Waals surface area contributed by atoms with E-state index < -0.39 is 6.10 Å². The van der Waals surface area contributed by atoms with Gasteiger partial charge in [-0.05, 0) is 122 Å². The van der Waals surface area contributed by atoms with Gasteiger partial charge in [-0.2, -0.15) is 0 Å². The Hall–Kier alpha value is -4.48. The highest BCUT2D eigenvalue weighted by molar-refractivity contribution is 5.70. The van der Waals surface area contributed by atoms with Crippen LogP contribution in [-0.2, 0) is 19.1 Å². The maximum atomic E-state index is 12.3. The number of hydrogen-bond donors (Lipinski definition) is 1. The summed E-state index contributed by atoms with van der Waals surface area (Å²) in [5, 5.41) is 9.61. The van der Waals surface area contributed by atoms with Crippen molar-refractivity contribution in [3.05, 3.63) is 158 Å². The van der Waals surface area contributed by atoms with E-state index in [1.54, 1.807) is 0 Å². The maximum Gasteiger partial charge on any atom is 0.306 e. The first-order chi connectivity index (χ1) is 31.6. The minimum absolute atomic E-state index is 0.0982. The lowest BCUT2D eigenvalue weighted by molar-refractivity contribution is -0.161. The van der Waals surface area contributed by atoms with E-state index in [4.69, 9.17) is 9.47 Å². The zero-order valence-electron chi connectivity index (χ0n) is 40.5. The molecule has 0 aliphatic heterocycles. The molecule has 5 nitrogen and oxygen atoms in total. The van der Waals surface area contributed by atoms with Crippen LogP contribution >= 0.6 is 0 Å². The molecule has 1 N–H and O–H groups in total. The van der Waals surface area contributed by atoms with Crippen LogP contribution in [0.25, 0.3) is 0 Å². The second-order valence-corrected chi connectivity index (χ2v) is 15.8. The zero-order chi connectivity index (χ0) is 46.3. The van der Waals surface area contributed by atoms with Crippen molar-refractivity contribution < 1.29 is 24.2 Å². The van der Waals surface area contributed by atoms with Gasteiger partial charge in [-0.25, -0.2) is 0 Å². The van der Waals surface area contributed by atoms with Crippen molar-refractivity contribution in [1.82, 2.24) is 0 Å². The Balaban J connectivity index is 3.70. The molecule has 0 spiro atoms. The highest BCUT2D eigenvalue weighted by Gasteiger charge is 2.16. The van der Waals surface area contributed by atoms with Crippen molar-refractivity contribution >= 4 is 11.9 Å². The second-order valence-electron chi connectivity index (χ2n) is 15.8. The van der Waals surface area contributed by atoms with Gasteiger partial charge in [-0.1, -0.05) is 204 Å². The first kappa shape index (κ1) is 59.5. The van der Waals surface area contributed by atoms with Gasteiger partial charge in [0.1, 0.15) is 6.61 Å². The Morgan fingerprint density at radius 1 is 0.359 bits per heavy atom. The molecule has 1 atom stereocenters. The van der Waals surface area contributed by atoms with Gasteiger partial charge in [0.25, 0.3) is 0 Å². The molecule has 0 aromatic carbocycles. The summed E-state index contributed by atoms with van der Waals surface area (Å²) in [7, 11) is 0. The van der Waals surface area contributed by atoms with Crippen molar-refractivity contribution in [1.29, 1.82) is 0 Å². The number of esters is 2. The van der Waals surface area contributed by atoms with Crippen LogP contribution in [-0.4, -0.2) is 36.4 Å². The van der Waals surface area contributed by atoms with Crippen molar-refractivity contribution in [2.45, 2.75) is 187 Å². The van der Waals surface area contributed by atoms with E-state index in [1.165, 1.54) is 0 Å². The fourth-order valence-corrected chi connectivity index (χ4v) is 6.12. The SMILES string of the molecule is CC/C=C\C/C=C\C/C=C\C/C=C\C/C=C\C/C=C\C/C=C\C/C=C\C/C=C\CCCCCCCC(=O)OC(CO)COC(=O)CCCCCC/C=C\C/C=C\C/C=C\C/C=C\CC. The van der Waals surface area contributed by atoms with Gasteiger partial charge >= 0.3 is 11.9 Å². The molecule has 0 aromatic heterocycles. The molecule has 5 heteroatoms. The average molecular weight is 879 g/mol. The average Bonchev–Trinajstić information content (AvgIpc) is 3.30. The number of unbranched alkanes of at least 4 members (excludes halogenated alkanes) is 9. The molecule has 0 rings (SSSR count). The van der Waals surface area contributed by atoms with Crippen LogP contribution in [0.3, 0.4) is 0 Å². The molecule has 0 radical (unpaired) electrons. The molecular weight excluding hydrogens is 789 g/mol. The predicted octanol–water partition coefficient (Wildman–Crippen LogP) is 16.8. The first-order valence-corrected chi connectivity index (χ1v) is 25.0. The summed E-state index contributed by atoms with van der Waals surface area (Å²) in [6.07, 6.45) is 81.8. The molecule has 0 fully saturated rings. The summed E-state index contributed by atoms with van der Waals surface area (Å²) in [4.78, 5) is 24.4. The third kappa shape index (κ3) is 50.2. The van der Waals surface area contributed by atoms with Gasteiger partial charge in [-0.15, -0.1) is 0 Å². The molecule has 356 valence electrons. The van der Waals surface area contributed by atoms with E-state index in [-0.39, 0.29) is 25.2 Å². The quantitative estimate of drug-likeness (QED) is 0.0375. The predicted molar refractivity (Wildman–Crippen MR) is 278 cm³/mol. The van der Waals surface area contributed by atoms with Gasteiger partial charge in [-0.3, -0.25) is 9.59 Å². The van der Waals surface area contributed by atoms with Crippen molar-refractivity contribution in [2.24, 2.45) is 0 Å². The van der Waals surface area contributed by atoms with Gasteiger partial charge < -0.3 is 14.6 Å². The number of hydrogen-bond acceptors (Lipinski definition) is 5. The van der Waals surface area contributed by atoms with E-state index >= 15 is 0 Å². The minimum atomic E-state index is -0.806. The highest BCUT2D eigenvalue weighted by atomic mass is 16.6. The number of ether oxygens (including phenoxy) is 2. The Kier molecular flexibility index (Phi) is 49.2. The summed E-state index contributed by atoms with van der Waals surface area (Å²) in [5.41, 5.74) is 0. The number of carbonyl (C=O) groups excluding carboxylic acids is 2. The molecule has 0 bridgehead atoms. The third-order valence-electron chi connectivity index (χ3n) is 9.82. The number of rotatable bonds is 43. The van der Waals surface area contributed by atoms with Crippen LogP contribution in [0.15, 0.2) is 158 Å². The Labute approximate surface area is 392 Å². The summed E-state index contributed by atoms with van der Waals surface area (Å²) in [5.74, 6) is -0.656. The Bertz CT molecular complexity index is 1460. The van der Waals surface area contributed by atoms with E-state index in [2.05, 4.69) is 172 Å². The maximum absolute atomic E-state index is 12.3. The largest absolute Gasteiger partial charge is 0.462 e. The summed E-state index contributed by atoms with van der Waals surface area (Å²) in [6.45, 7) is 3.85. The Morgan fingerprint density at radius 3 is 0.938 bits per heavy atom. The lowest BCUT2D eigenvalue weighted by Crippen LogP contribution is -2.28. The van der Waals surface area contributed by atoms with Gasteiger partial charge in [0.15, 0.2) is 6.10 Å². The molecule has 0 heterocycles. The molecule has 0 aliphatic carbocycles. The standard InChI is InChI=1S/C59H90O5/c1-3-5-7-9-11-13-15-17-19-21-22-23-24-25-26-27-28-29-30-31-32-33-34-35-36-38-40-42-44-46-48-50-52-54-59(62)64-57(55-60)56-63-58(61)53-51-49-47-45-43-41-39-37-20-18-16-14-12-10-8-6-4-2/h5-8,11-14,17-20,22-23,25-26,28-29,31-32,34-35,38-41,57,60H,3-4,9-10,15-16,21,24,27,30,33,36-37,42-56H2,1-2H3/b7-5-,8-6-,13-11-,14-12-,19-17-,20-18-,23-22-,26-25-,29-28-,32-31-,35-34-,40-38-,41-39-. The number of allylic oxidation sites excluding steroid dienone is 26.